The van der Waals surface area contributed by atoms with Crippen molar-refractivity contribution in [3.8, 4) is 0 Å². The fourth-order valence-electron chi connectivity index (χ4n) is 1.93. The summed E-state index contributed by atoms with van der Waals surface area (Å²) < 4.78 is 5.19. The standard InChI is InChI=1S/C12H21NO4/c1-12(2,3)17-10(14)7-5-8-4-6-9(13-8)11(15)16/h8-9,13H,4-7H2,1-3H3,(H,15,16). The van der Waals surface area contributed by atoms with E-state index in [1.807, 2.05) is 20.8 Å². The topological polar surface area (TPSA) is 75.6 Å². The molecule has 1 saturated heterocycles. The summed E-state index contributed by atoms with van der Waals surface area (Å²) in [5.74, 6) is -1.04. The molecule has 1 aliphatic rings. The van der Waals surface area contributed by atoms with Crippen LogP contribution in [0.4, 0.5) is 0 Å². The van der Waals surface area contributed by atoms with Crippen LogP contribution in [0.25, 0.3) is 0 Å². The summed E-state index contributed by atoms with van der Waals surface area (Å²) in [7, 11) is 0. The lowest BCUT2D eigenvalue weighted by atomic mass is 10.1. The highest BCUT2D eigenvalue weighted by atomic mass is 16.6. The van der Waals surface area contributed by atoms with E-state index in [1.54, 1.807) is 0 Å². The maximum Gasteiger partial charge on any atom is 0.320 e. The number of nitrogens with one attached hydrogen (secondary N) is 1. The predicted molar refractivity (Wildman–Crippen MR) is 62.7 cm³/mol. The Kier molecular flexibility index (Phi) is 4.51. The number of carboxylic acids is 1. The maximum absolute atomic E-state index is 11.5. The summed E-state index contributed by atoms with van der Waals surface area (Å²) in [6, 6.07) is -0.345. The van der Waals surface area contributed by atoms with Gasteiger partial charge in [0.15, 0.2) is 0 Å². The number of carbonyl (C=O) groups excluding carboxylic acids is 1. The number of ether oxygens (including phenoxy) is 1. The zero-order valence-electron chi connectivity index (χ0n) is 10.7. The minimum atomic E-state index is -0.815. The molecule has 0 aromatic rings. The lowest BCUT2D eigenvalue weighted by molar-refractivity contribution is -0.155. The van der Waals surface area contributed by atoms with Gasteiger partial charge in [-0.05, 0) is 40.0 Å². The van der Waals surface area contributed by atoms with Gasteiger partial charge in [-0.15, -0.1) is 0 Å². The minimum Gasteiger partial charge on any atom is -0.480 e. The molecule has 2 unspecified atom stereocenters. The number of rotatable bonds is 4. The SMILES string of the molecule is CC(C)(C)OC(=O)CCC1CCC(C(=O)O)N1. The molecule has 5 heteroatoms. The number of hydrogen-bond acceptors (Lipinski definition) is 4. The van der Waals surface area contributed by atoms with Gasteiger partial charge in [0.25, 0.3) is 0 Å². The first-order valence-electron chi connectivity index (χ1n) is 5.98. The van der Waals surface area contributed by atoms with Crippen molar-refractivity contribution in [1.29, 1.82) is 0 Å². The summed E-state index contributed by atoms with van der Waals surface area (Å²) in [6.07, 6.45) is 2.41. The third kappa shape index (κ3) is 5.17. The molecule has 1 rings (SSSR count). The monoisotopic (exact) mass is 243 g/mol. The molecule has 0 saturated carbocycles. The first-order chi connectivity index (χ1) is 7.78. The average molecular weight is 243 g/mol. The molecule has 0 bridgehead atoms. The maximum atomic E-state index is 11.5. The smallest absolute Gasteiger partial charge is 0.320 e. The highest BCUT2D eigenvalue weighted by Crippen LogP contribution is 2.17. The second-order valence-corrected chi connectivity index (χ2v) is 5.46. The van der Waals surface area contributed by atoms with E-state index < -0.39 is 17.6 Å². The fraction of sp³-hybridized carbons (Fsp3) is 0.833. The van der Waals surface area contributed by atoms with Crippen LogP contribution in [-0.2, 0) is 14.3 Å². The minimum absolute atomic E-state index is 0.114. The van der Waals surface area contributed by atoms with Crippen molar-refractivity contribution >= 4 is 11.9 Å². The molecular weight excluding hydrogens is 222 g/mol. The van der Waals surface area contributed by atoms with E-state index in [4.69, 9.17) is 9.84 Å². The van der Waals surface area contributed by atoms with E-state index in [2.05, 4.69) is 5.32 Å². The summed E-state index contributed by atoms with van der Waals surface area (Å²) in [6.45, 7) is 5.50. The van der Waals surface area contributed by atoms with Gasteiger partial charge < -0.3 is 15.2 Å². The largest absolute Gasteiger partial charge is 0.480 e. The molecule has 2 N–H and O–H groups in total. The lowest BCUT2D eigenvalue weighted by Crippen LogP contribution is -2.35. The molecule has 2 atom stereocenters. The number of carboxylic acid groups (broad SMARTS) is 1. The third-order valence-electron chi connectivity index (χ3n) is 2.66. The molecule has 0 spiro atoms. The highest BCUT2D eigenvalue weighted by Gasteiger charge is 2.29. The number of hydrogen-bond donors (Lipinski definition) is 2. The Morgan fingerprint density at radius 3 is 2.47 bits per heavy atom. The van der Waals surface area contributed by atoms with E-state index in [1.165, 1.54) is 0 Å². The van der Waals surface area contributed by atoms with Crippen LogP contribution < -0.4 is 5.32 Å². The number of aliphatic carboxylic acids is 1. The van der Waals surface area contributed by atoms with Crippen molar-refractivity contribution in [1.82, 2.24) is 5.32 Å². The third-order valence-corrected chi connectivity index (χ3v) is 2.66. The molecule has 98 valence electrons. The van der Waals surface area contributed by atoms with E-state index in [0.717, 1.165) is 6.42 Å². The van der Waals surface area contributed by atoms with Gasteiger partial charge in [0.1, 0.15) is 11.6 Å². The second-order valence-electron chi connectivity index (χ2n) is 5.46. The van der Waals surface area contributed by atoms with Crippen LogP contribution >= 0.6 is 0 Å². The molecule has 0 aromatic heterocycles. The molecular formula is C12H21NO4. The van der Waals surface area contributed by atoms with Gasteiger partial charge in [0.05, 0.1) is 0 Å². The second kappa shape index (κ2) is 5.49. The van der Waals surface area contributed by atoms with Gasteiger partial charge in [-0.3, -0.25) is 9.59 Å². The van der Waals surface area contributed by atoms with Crippen LogP contribution in [0.1, 0.15) is 46.5 Å². The number of carbonyl (C=O) groups is 2. The zero-order valence-corrected chi connectivity index (χ0v) is 10.7. The van der Waals surface area contributed by atoms with Crippen LogP contribution in [0, 0.1) is 0 Å². The lowest BCUT2D eigenvalue weighted by Gasteiger charge is -2.20. The fourth-order valence-corrected chi connectivity index (χ4v) is 1.93. The Bertz CT molecular complexity index is 295. The van der Waals surface area contributed by atoms with Gasteiger partial charge >= 0.3 is 11.9 Å². The van der Waals surface area contributed by atoms with Crippen molar-refractivity contribution in [3.05, 3.63) is 0 Å². The van der Waals surface area contributed by atoms with Crippen molar-refractivity contribution < 1.29 is 19.4 Å². The van der Waals surface area contributed by atoms with Crippen LogP contribution in [0.5, 0.6) is 0 Å². The van der Waals surface area contributed by atoms with Gasteiger partial charge in [-0.1, -0.05) is 0 Å². The van der Waals surface area contributed by atoms with Crippen molar-refractivity contribution in [2.45, 2.75) is 64.1 Å². The van der Waals surface area contributed by atoms with Gasteiger partial charge in [0.2, 0.25) is 0 Å². The first-order valence-corrected chi connectivity index (χ1v) is 5.98. The summed E-state index contributed by atoms with van der Waals surface area (Å²) >= 11 is 0. The van der Waals surface area contributed by atoms with Gasteiger partial charge in [-0.2, -0.15) is 0 Å². The van der Waals surface area contributed by atoms with E-state index in [9.17, 15) is 9.59 Å². The van der Waals surface area contributed by atoms with Gasteiger partial charge in [-0.25, -0.2) is 0 Å². The first kappa shape index (κ1) is 14.0. The molecule has 0 aromatic carbocycles. The molecule has 1 aliphatic heterocycles. The molecule has 5 nitrogen and oxygen atoms in total. The van der Waals surface area contributed by atoms with E-state index in [0.29, 0.717) is 19.3 Å². The van der Waals surface area contributed by atoms with Crippen molar-refractivity contribution in [3.63, 3.8) is 0 Å². The number of esters is 1. The van der Waals surface area contributed by atoms with Crippen LogP contribution in [0.2, 0.25) is 0 Å². The van der Waals surface area contributed by atoms with Crippen LogP contribution in [-0.4, -0.2) is 34.7 Å². The molecule has 1 fully saturated rings. The Morgan fingerprint density at radius 1 is 1.35 bits per heavy atom. The van der Waals surface area contributed by atoms with E-state index in [-0.39, 0.29) is 12.0 Å². The molecule has 0 aliphatic carbocycles. The normalized spacial score (nSPS) is 24.6. The molecule has 1 heterocycles. The summed E-state index contributed by atoms with van der Waals surface area (Å²) in [5, 5.41) is 11.8. The molecule has 0 radical (unpaired) electrons. The van der Waals surface area contributed by atoms with Gasteiger partial charge in [0, 0.05) is 12.5 Å². The summed E-state index contributed by atoms with van der Waals surface area (Å²) in [5.41, 5.74) is -0.455. The van der Waals surface area contributed by atoms with Crippen LogP contribution in [0.15, 0.2) is 0 Å². The Morgan fingerprint density at radius 2 is 2.00 bits per heavy atom. The summed E-state index contributed by atoms with van der Waals surface area (Å²) in [4.78, 5) is 22.2. The Balaban J connectivity index is 2.24. The Hall–Kier alpha value is -1.10. The van der Waals surface area contributed by atoms with Crippen LogP contribution in [0.3, 0.4) is 0 Å². The van der Waals surface area contributed by atoms with E-state index >= 15 is 0 Å². The van der Waals surface area contributed by atoms with Crippen molar-refractivity contribution in [2.75, 3.05) is 0 Å². The van der Waals surface area contributed by atoms with Crippen molar-refractivity contribution in [2.24, 2.45) is 0 Å². The quantitative estimate of drug-likeness (QED) is 0.728. The average Bonchev–Trinajstić information content (AvgIpc) is 2.60. The molecule has 17 heavy (non-hydrogen) atoms. The predicted octanol–water partition coefficient (Wildman–Crippen LogP) is 1.31. The zero-order chi connectivity index (χ0) is 13.1. The molecule has 0 amide bonds. The Labute approximate surface area is 102 Å². The highest BCUT2D eigenvalue weighted by molar-refractivity contribution is 5.74.